The average molecular weight is 415 g/mol. The topological polar surface area (TPSA) is 51.0 Å². The van der Waals surface area contributed by atoms with Gasteiger partial charge in [-0.15, -0.1) is 10.2 Å². The molecule has 1 fully saturated rings. The van der Waals surface area contributed by atoms with E-state index in [0.717, 1.165) is 54.0 Å². The van der Waals surface area contributed by atoms with E-state index in [1.54, 1.807) is 6.08 Å². The molecule has 136 valence electrons. The molecule has 1 atom stereocenters. The summed E-state index contributed by atoms with van der Waals surface area (Å²) in [6, 6.07) is 7.96. The number of aryl methyl sites for hydroxylation is 1. The molecule has 6 heteroatoms. The summed E-state index contributed by atoms with van der Waals surface area (Å²) in [5.74, 6) is 2.11. The van der Waals surface area contributed by atoms with Crippen LogP contribution in [0.25, 0.3) is 6.08 Å². The number of carbonyl (C=O) groups excluding carboxylic acids is 1. The zero-order valence-electron chi connectivity index (χ0n) is 14.8. The molecule has 0 aliphatic carbocycles. The van der Waals surface area contributed by atoms with Crippen molar-refractivity contribution < 1.29 is 4.79 Å². The van der Waals surface area contributed by atoms with Crippen molar-refractivity contribution in [1.82, 2.24) is 19.7 Å². The van der Waals surface area contributed by atoms with Gasteiger partial charge in [0.05, 0.1) is 6.04 Å². The third kappa shape index (κ3) is 3.47. The quantitative estimate of drug-likeness (QED) is 0.708. The Morgan fingerprint density at radius 1 is 1.12 bits per heavy atom. The van der Waals surface area contributed by atoms with E-state index in [1.165, 1.54) is 19.3 Å². The van der Waals surface area contributed by atoms with Gasteiger partial charge in [-0.05, 0) is 43.4 Å². The van der Waals surface area contributed by atoms with Crippen LogP contribution in [0.1, 0.15) is 55.4 Å². The maximum Gasteiger partial charge on any atom is 0.247 e. The smallest absolute Gasteiger partial charge is 0.247 e. The van der Waals surface area contributed by atoms with Crippen LogP contribution in [-0.2, 0) is 17.8 Å². The predicted molar refractivity (Wildman–Crippen MR) is 104 cm³/mol. The van der Waals surface area contributed by atoms with Crippen molar-refractivity contribution in [2.24, 2.45) is 0 Å². The van der Waals surface area contributed by atoms with Crippen LogP contribution in [0.15, 0.2) is 34.8 Å². The summed E-state index contributed by atoms with van der Waals surface area (Å²) in [6.07, 6.45) is 10.1. The number of hydrogen-bond acceptors (Lipinski definition) is 3. The van der Waals surface area contributed by atoms with E-state index in [1.807, 2.05) is 35.2 Å². The number of fused-ring (bicyclic) bond motifs is 1. The Labute approximate surface area is 162 Å². The van der Waals surface area contributed by atoms with Crippen molar-refractivity contribution in [3.05, 3.63) is 52.0 Å². The van der Waals surface area contributed by atoms with Gasteiger partial charge in [0.2, 0.25) is 5.91 Å². The fourth-order valence-corrected chi connectivity index (χ4v) is 4.34. The number of amides is 1. The van der Waals surface area contributed by atoms with Crippen LogP contribution in [0, 0.1) is 0 Å². The number of carbonyl (C=O) groups is 1. The first-order valence-corrected chi connectivity index (χ1v) is 10.2. The Kier molecular flexibility index (Phi) is 5.20. The Hall–Kier alpha value is -1.95. The van der Waals surface area contributed by atoms with Crippen molar-refractivity contribution in [1.29, 1.82) is 0 Å². The minimum Gasteiger partial charge on any atom is -0.329 e. The van der Waals surface area contributed by atoms with Crippen LogP contribution in [0.5, 0.6) is 0 Å². The normalized spacial score (nSPS) is 20.3. The monoisotopic (exact) mass is 414 g/mol. The van der Waals surface area contributed by atoms with E-state index in [9.17, 15) is 4.79 Å². The van der Waals surface area contributed by atoms with Crippen LogP contribution in [0.3, 0.4) is 0 Å². The van der Waals surface area contributed by atoms with Gasteiger partial charge in [0.15, 0.2) is 5.82 Å². The largest absolute Gasteiger partial charge is 0.329 e. The highest BCUT2D eigenvalue weighted by Crippen LogP contribution is 2.32. The maximum atomic E-state index is 12.8. The highest BCUT2D eigenvalue weighted by molar-refractivity contribution is 9.10. The number of rotatable bonds is 3. The third-order valence-corrected chi connectivity index (χ3v) is 6.00. The standard InChI is InChI=1S/C20H23BrN4O/c21-16-8-4-3-7-15(16)11-12-19(26)24-14-6-9-17(24)20-23-22-18-10-2-1-5-13-25(18)20/h3-4,7-8,11-12,17H,1-2,5-6,9-10,13-14H2/b12-11+. The average Bonchev–Trinajstić information content (AvgIpc) is 3.21. The second-order valence-electron chi connectivity index (χ2n) is 6.98. The Morgan fingerprint density at radius 2 is 2.00 bits per heavy atom. The summed E-state index contributed by atoms with van der Waals surface area (Å²) in [6.45, 7) is 1.76. The predicted octanol–water partition coefficient (Wildman–Crippen LogP) is 4.14. The maximum absolute atomic E-state index is 12.8. The van der Waals surface area contributed by atoms with Gasteiger partial charge in [0, 0.05) is 30.1 Å². The molecule has 0 N–H and O–H groups in total. The second kappa shape index (κ2) is 7.74. The van der Waals surface area contributed by atoms with E-state index in [-0.39, 0.29) is 11.9 Å². The number of likely N-dealkylation sites (tertiary alicyclic amines) is 1. The molecule has 26 heavy (non-hydrogen) atoms. The van der Waals surface area contributed by atoms with E-state index in [4.69, 9.17) is 0 Å². The molecular formula is C20H23BrN4O. The van der Waals surface area contributed by atoms with Crippen molar-refractivity contribution in [3.8, 4) is 0 Å². The van der Waals surface area contributed by atoms with Gasteiger partial charge in [-0.2, -0.15) is 0 Å². The first kappa shape index (κ1) is 17.5. The summed E-state index contributed by atoms with van der Waals surface area (Å²) in [5, 5.41) is 8.89. The lowest BCUT2D eigenvalue weighted by Crippen LogP contribution is -2.30. The number of nitrogens with zero attached hydrogens (tertiary/aromatic N) is 4. The first-order valence-electron chi connectivity index (χ1n) is 9.39. The fourth-order valence-electron chi connectivity index (χ4n) is 3.92. The molecule has 0 radical (unpaired) electrons. The van der Waals surface area contributed by atoms with Gasteiger partial charge in [0.1, 0.15) is 5.82 Å². The molecule has 5 nitrogen and oxygen atoms in total. The summed E-state index contributed by atoms with van der Waals surface area (Å²) in [7, 11) is 0. The van der Waals surface area contributed by atoms with Crippen LogP contribution >= 0.6 is 15.9 Å². The van der Waals surface area contributed by atoms with Crippen molar-refractivity contribution >= 4 is 27.9 Å². The molecule has 1 aromatic heterocycles. The molecule has 0 saturated carbocycles. The van der Waals surface area contributed by atoms with E-state index in [2.05, 4.69) is 30.7 Å². The zero-order chi connectivity index (χ0) is 17.9. The summed E-state index contributed by atoms with van der Waals surface area (Å²) < 4.78 is 3.26. The molecule has 2 aliphatic heterocycles. The van der Waals surface area contributed by atoms with Gasteiger partial charge in [-0.3, -0.25) is 4.79 Å². The lowest BCUT2D eigenvalue weighted by Gasteiger charge is -2.23. The van der Waals surface area contributed by atoms with Crippen molar-refractivity contribution in [2.45, 2.75) is 51.1 Å². The van der Waals surface area contributed by atoms with Crippen LogP contribution in [0.4, 0.5) is 0 Å². The molecule has 1 amide bonds. The first-order chi connectivity index (χ1) is 12.7. The summed E-state index contributed by atoms with van der Waals surface area (Å²) in [4.78, 5) is 14.8. The zero-order valence-corrected chi connectivity index (χ0v) is 16.4. The van der Waals surface area contributed by atoms with Gasteiger partial charge >= 0.3 is 0 Å². The lowest BCUT2D eigenvalue weighted by atomic mass is 10.2. The second-order valence-corrected chi connectivity index (χ2v) is 7.84. The van der Waals surface area contributed by atoms with Gasteiger partial charge in [0.25, 0.3) is 0 Å². The molecule has 1 aromatic carbocycles. The number of hydrogen-bond donors (Lipinski definition) is 0. The Bertz CT molecular complexity index is 829. The van der Waals surface area contributed by atoms with Crippen LogP contribution in [-0.4, -0.2) is 32.1 Å². The highest BCUT2D eigenvalue weighted by Gasteiger charge is 2.33. The van der Waals surface area contributed by atoms with Crippen LogP contribution in [0.2, 0.25) is 0 Å². The molecule has 2 aromatic rings. The van der Waals surface area contributed by atoms with Crippen molar-refractivity contribution in [2.75, 3.05) is 6.54 Å². The molecule has 1 saturated heterocycles. The molecule has 0 bridgehead atoms. The minimum absolute atomic E-state index is 0.0470. The van der Waals surface area contributed by atoms with Gasteiger partial charge < -0.3 is 9.47 Å². The molecule has 3 heterocycles. The number of aromatic nitrogens is 3. The van der Waals surface area contributed by atoms with Crippen molar-refractivity contribution in [3.63, 3.8) is 0 Å². The van der Waals surface area contributed by atoms with Gasteiger partial charge in [-0.25, -0.2) is 0 Å². The third-order valence-electron chi connectivity index (χ3n) is 5.28. The lowest BCUT2D eigenvalue weighted by molar-refractivity contribution is -0.127. The molecule has 4 rings (SSSR count). The molecule has 0 spiro atoms. The fraction of sp³-hybridized carbons (Fsp3) is 0.450. The number of halogens is 1. The Morgan fingerprint density at radius 3 is 2.88 bits per heavy atom. The Balaban J connectivity index is 1.54. The SMILES string of the molecule is O=C(/C=C/c1ccccc1Br)N1CCCC1c1nnc2n1CCCCC2. The molecule has 1 unspecified atom stereocenters. The number of benzene rings is 1. The molecule has 2 aliphatic rings. The summed E-state index contributed by atoms with van der Waals surface area (Å²) in [5.41, 5.74) is 1.01. The van der Waals surface area contributed by atoms with Gasteiger partial charge in [-0.1, -0.05) is 40.5 Å². The van der Waals surface area contributed by atoms with E-state index >= 15 is 0 Å². The molecular weight excluding hydrogens is 392 g/mol. The highest BCUT2D eigenvalue weighted by atomic mass is 79.9. The summed E-state index contributed by atoms with van der Waals surface area (Å²) >= 11 is 3.52. The van der Waals surface area contributed by atoms with Crippen LogP contribution < -0.4 is 0 Å². The minimum atomic E-state index is 0.0470. The van der Waals surface area contributed by atoms with E-state index in [0.29, 0.717) is 0 Å². The van der Waals surface area contributed by atoms with E-state index < -0.39 is 0 Å².